The molecule has 1 amide bonds. The van der Waals surface area contributed by atoms with Crippen LogP contribution < -0.4 is 0 Å². The summed E-state index contributed by atoms with van der Waals surface area (Å²) in [6.45, 7) is 1.05. The first-order chi connectivity index (χ1) is 9.70. The van der Waals surface area contributed by atoms with Crippen molar-refractivity contribution >= 4 is 5.91 Å². The molecule has 1 aromatic heterocycles. The van der Waals surface area contributed by atoms with E-state index in [1.165, 1.54) is 0 Å². The number of aromatic nitrogens is 2. The van der Waals surface area contributed by atoms with Gasteiger partial charge in [-0.25, -0.2) is 0 Å². The second kappa shape index (κ2) is 5.54. The zero-order valence-electron chi connectivity index (χ0n) is 11.5. The molecule has 0 bridgehead atoms. The number of piperidine rings is 1. The molecule has 1 unspecified atom stereocenters. The maximum atomic E-state index is 12.5. The van der Waals surface area contributed by atoms with E-state index in [1.807, 2.05) is 4.90 Å². The number of hydrogen-bond acceptors (Lipinski definition) is 4. The molecule has 0 aromatic carbocycles. The summed E-state index contributed by atoms with van der Waals surface area (Å²) in [5, 5.41) is 25.8. The van der Waals surface area contributed by atoms with E-state index >= 15 is 0 Å². The fourth-order valence-corrected chi connectivity index (χ4v) is 3.28. The third-order valence-electron chi connectivity index (χ3n) is 4.57. The monoisotopic (exact) mass is 279 g/mol. The van der Waals surface area contributed by atoms with E-state index in [9.17, 15) is 9.90 Å². The molecule has 1 aliphatic carbocycles. The highest BCUT2D eigenvalue weighted by Crippen LogP contribution is 2.26. The number of aliphatic hydroxyl groups is 2. The van der Waals surface area contributed by atoms with E-state index in [2.05, 4.69) is 10.2 Å². The van der Waals surface area contributed by atoms with E-state index in [4.69, 9.17) is 5.11 Å². The Hall–Kier alpha value is -1.40. The molecule has 0 radical (unpaired) electrons. The molecule has 1 atom stereocenters. The first kappa shape index (κ1) is 13.6. The number of nitrogens with zero attached hydrogens (tertiary/aromatic N) is 2. The Morgan fingerprint density at radius 3 is 2.85 bits per heavy atom. The number of fused-ring (bicyclic) bond motifs is 1. The number of likely N-dealkylation sites (tertiary alicyclic amines) is 1. The average Bonchev–Trinajstić information content (AvgIpc) is 3.08. The molecule has 6 nitrogen and oxygen atoms in total. The van der Waals surface area contributed by atoms with E-state index in [0.717, 1.165) is 43.4 Å². The van der Waals surface area contributed by atoms with Gasteiger partial charge in [0.15, 0.2) is 5.69 Å². The van der Waals surface area contributed by atoms with Crippen molar-refractivity contribution in [2.24, 2.45) is 5.92 Å². The number of aromatic amines is 1. The number of aryl methyl sites for hydroxylation is 1. The van der Waals surface area contributed by atoms with Crippen molar-refractivity contribution in [3.05, 3.63) is 17.0 Å². The summed E-state index contributed by atoms with van der Waals surface area (Å²) in [5.41, 5.74) is 2.78. The SMILES string of the molecule is O=C(c1n[nH]c2c1CCC2)N1CCC(C(O)CO)CC1. The lowest BCUT2D eigenvalue weighted by Crippen LogP contribution is -2.42. The van der Waals surface area contributed by atoms with Crippen LogP contribution in [0.1, 0.15) is 41.0 Å². The van der Waals surface area contributed by atoms with Gasteiger partial charge in [0.2, 0.25) is 0 Å². The first-order valence-electron chi connectivity index (χ1n) is 7.35. The van der Waals surface area contributed by atoms with Gasteiger partial charge in [-0.15, -0.1) is 0 Å². The molecule has 0 spiro atoms. The summed E-state index contributed by atoms with van der Waals surface area (Å²) >= 11 is 0. The third kappa shape index (κ3) is 2.33. The number of amides is 1. The van der Waals surface area contributed by atoms with Gasteiger partial charge in [0.25, 0.3) is 5.91 Å². The van der Waals surface area contributed by atoms with Gasteiger partial charge in [-0.05, 0) is 38.0 Å². The van der Waals surface area contributed by atoms with E-state index in [-0.39, 0.29) is 18.4 Å². The minimum atomic E-state index is -0.665. The molecule has 110 valence electrons. The van der Waals surface area contributed by atoms with Crippen molar-refractivity contribution in [3.63, 3.8) is 0 Å². The maximum Gasteiger partial charge on any atom is 0.274 e. The predicted molar refractivity (Wildman–Crippen MR) is 72.3 cm³/mol. The normalized spacial score (nSPS) is 21.0. The molecule has 6 heteroatoms. The lowest BCUT2D eigenvalue weighted by Gasteiger charge is -2.33. The number of nitrogens with one attached hydrogen (secondary N) is 1. The van der Waals surface area contributed by atoms with Crippen molar-refractivity contribution in [1.29, 1.82) is 0 Å². The summed E-state index contributed by atoms with van der Waals surface area (Å²) in [5.74, 6) is 0.0929. The summed E-state index contributed by atoms with van der Waals surface area (Å²) in [7, 11) is 0. The van der Waals surface area contributed by atoms with Crippen LogP contribution in [-0.2, 0) is 12.8 Å². The molecule has 1 fully saturated rings. The Labute approximate surface area is 117 Å². The Bertz CT molecular complexity index is 492. The largest absolute Gasteiger partial charge is 0.394 e. The molecular formula is C14H21N3O3. The quantitative estimate of drug-likeness (QED) is 0.732. The topological polar surface area (TPSA) is 89.5 Å². The lowest BCUT2D eigenvalue weighted by atomic mass is 9.91. The van der Waals surface area contributed by atoms with Crippen molar-refractivity contribution in [2.45, 2.75) is 38.2 Å². The minimum Gasteiger partial charge on any atom is -0.394 e. The highest BCUT2D eigenvalue weighted by atomic mass is 16.3. The second-order valence-corrected chi connectivity index (χ2v) is 5.76. The number of H-pyrrole nitrogens is 1. The molecular weight excluding hydrogens is 258 g/mol. The summed E-state index contributed by atoms with van der Waals surface area (Å²) in [4.78, 5) is 14.3. The highest BCUT2D eigenvalue weighted by Gasteiger charge is 2.31. The summed E-state index contributed by atoms with van der Waals surface area (Å²) in [6.07, 6.45) is 3.82. The molecule has 3 rings (SSSR count). The number of carbonyl (C=O) groups excluding carboxylic acids is 1. The second-order valence-electron chi connectivity index (χ2n) is 5.76. The van der Waals surface area contributed by atoms with Crippen LogP contribution >= 0.6 is 0 Å². The van der Waals surface area contributed by atoms with E-state index < -0.39 is 6.10 Å². The highest BCUT2D eigenvalue weighted by molar-refractivity contribution is 5.94. The Kier molecular flexibility index (Phi) is 3.76. The van der Waals surface area contributed by atoms with Crippen LogP contribution in [0.3, 0.4) is 0 Å². The predicted octanol–water partition coefficient (Wildman–Crippen LogP) is 0.104. The maximum absolute atomic E-state index is 12.5. The van der Waals surface area contributed by atoms with Crippen LogP contribution in [0.15, 0.2) is 0 Å². The fraction of sp³-hybridized carbons (Fsp3) is 0.714. The van der Waals surface area contributed by atoms with Crippen molar-refractivity contribution in [1.82, 2.24) is 15.1 Å². The number of hydrogen-bond donors (Lipinski definition) is 3. The number of aliphatic hydroxyl groups excluding tert-OH is 2. The summed E-state index contributed by atoms with van der Waals surface area (Å²) < 4.78 is 0. The average molecular weight is 279 g/mol. The standard InChI is InChI=1S/C14H21N3O3/c18-8-12(19)9-4-6-17(7-5-9)14(20)13-10-2-1-3-11(10)15-16-13/h9,12,18-19H,1-8H2,(H,15,16). The molecule has 0 saturated carbocycles. The molecule has 3 N–H and O–H groups in total. The molecule has 20 heavy (non-hydrogen) atoms. The van der Waals surface area contributed by atoms with Crippen molar-refractivity contribution in [2.75, 3.05) is 19.7 Å². The zero-order valence-corrected chi connectivity index (χ0v) is 11.5. The van der Waals surface area contributed by atoms with Crippen LogP contribution in [0.4, 0.5) is 0 Å². The lowest BCUT2D eigenvalue weighted by molar-refractivity contribution is 0.0177. The van der Waals surface area contributed by atoms with Gasteiger partial charge in [0.05, 0.1) is 12.7 Å². The van der Waals surface area contributed by atoms with Gasteiger partial charge >= 0.3 is 0 Å². The van der Waals surface area contributed by atoms with Crippen LogP contribution in [0, 0.1) is 5.92 Å². The van der Waals surface area contributed by atoms with Gasteiger partial charge in [-0.1, -0.05) is 0 Å². The third-order valence-corrected chi connectivity index (χ3v) is 4.57. The Morgan fingerprint density at radius 2 is 2.15 bits per heavy atom. The molecule has 1 aromatic rings. The van der Waals surface area contributed by atoms with Gasteiger partial charge in [0, 0.05) is 24.3 Å². The molecule has 2 heterocycles. The summed E-state index contributed by atoms with van der Waals surface area (Å²) in [6, 6.07) is 0. The Morgan fingerprint density at radius 1 is 1.40 bits per heavy atom. The molecule has 1 aliphatic heterocycles. The van der Waals surface area contributed by atoms with Crippen LogP contribution in [-0.4, -0.2) is 57.0 Å². The smallest absolute Gasteiger partial charge is 0.274 e. The zero-order chi connectivity index (χ0) is 14.1. The first-order valence-corrected chi connectivity index (χ1v) is 7.35. The Balaban J connectivity index is 1.64. The van der Waals surface area contributed by atoms with E-state index in [1.54, 1.807) is 0 Å². The van der Waals surface area contributed by atoms with E-state index in [0.29, 0.717) is 18.8 Å². The molecule has 2 aliphatic rings. The van der Waals surface area contributed by atoms with Gasteiger partial charge in [0.1, 0.15) is 0 Å². The van der Waals surface area contributed by atoms with Gasteiger partial charge < -0.3 is 15.1 Å². The number of rotatable bonds is 3. The minimum absolute atomic E-state index is 0.00124. The van der Waals surface area contributed by atoms with Crippen LogP contribution in [0.25, 0.3) is 0 Å². The van der Waals surface area contributed by atoms with Crippen molar-refractivity contribution in [3.8, 4) is 0 Å². The fourth-order valence-electron chi connectivity index (χ4n) is 3.28. The van der Waals surface area contributed by atoms with Gasteiger partial charge in [-0.2, -0.15) is 5.10 Å². The van der Waals surface area contributed by atoms with Crippen LogP contribution in [0.5, 0.6) is 0 Å². The van der Waals surface area contributed by atoms with Gasteiger partial charge in [-0.3, -0.25) is 9.89 Å². The number of carbonyl (C=O) groups is 1. The van der Waals surface area contributed by atoms with Crippen LogP contribution in [0.2, 0.25) is 0 Å². The van der Waals surface area contributed by atoms with Crippen molar-refractivity contribution < 1.29 is 15.0 Å². The molecule has 1 saturated heterocycles.